The predicted octanol–water partition coefficient (Wildman–Crippen LogP) is 3.48. The van der Waals surface area contributed by atoms with Crippen LogP contribution in [0.2, 0.25) is 0 Å². The van der Waals surface area contributed by atoms with Gasteiger partial charge in [-0.05, 0) is 55.7 Å². The minimum absolute atomic E-state index is 0.0634. The van der Waals surface area contributed by atoms with Gasteiger partial charge in [-0.25, -0.2) is 18.2 Å². The first-order valence-electron chi connectivity index (χ1n) is 12.1. The zero-order chi connectivity index (χ0) is 25.5. The van der Waals surface area contributed by atoms with Gasteiger partial charge in [0.2, 0.25) is 0 Å². The van der Waals surface area contributed by atoms with Crippen molar-refractivity contribution in [1.29, 1.82) is 0 Å². The molecule has 4 aliphatic rings. The molecule has 3 heterocycles. The molecular formula is C24H28F3N5O3S. The highest BCUT2D eigenvalue weighted by Gasteiger charge is 2.58. The number of benzene rings is 1. The SMILES string of the molecule is CS(=O)(=O)c1cc(C(F)(F)F)ccc1CC1CC2(C1)CN(C(=O)N1CC3(CC(c4ncn[nH]4)C3)C1)C2. The summed E-state index contributed by atoms with van der Waals surface area (Å²) in [7, 11) is -3.78. The molecule has 2 aromatic rings. The molecule has 0 atom stereocenters. The Labute approximate surface area is 207 Å². The van der Waals surface area contributed by atoms with Gasteiger partial charge in [0.05, 0.1) is 10.5 Å². The van der Waals surface area contributed by atoms with Gasteiger partial charge in [-0.1, -0.05) is 6.07 Å². The van der Waals surface area contributed by atoms with E-state index in [1.807, 2.05) is 9.80 Å². The Balaban J connectivity index is 0.990. The van der Waals surface area contributed by atoms with Crippen LogP contribution in [-0.4, -0.2) is 71.9 Å². The average molecular weight is 524 g/mol. The maximum Gasteiger partial charge on any atom is 0.416 e. The van der Waals surface area contributed by atoms with Gasteiger partial charge >= 0.3 is 12.2 Å². The van der Waals surface area contributed by atoms with Crippen LogP contribution in [0.5, 0.6) is 0 Å². The Morgan fingerprint density at radius 3 is 2.22 bits per heavy atom. The van der Waals surface area contributed by atoms with E-state index in [-0.39, 0.29) is 27.7 Å². The van der Waals surface area contributed by atoms with Crippen LogP contribution in [0.25, 0.3) is 0 Å². The number of amides is 2. The van der Waals surface area contributed by atoms with Crippen LogP contribution < -0.4 is 0 Å². The Morgan fingerprint density at radius 2 is 1.69 bits per heavy atom. The van der Waals surface area contributed by atoms with Crippen molar-refractivity contribution in [3.05, 3.63) is 41.5 Å². The van der Waals surface area contributed by atoms with Crippen molar-refractivity contribution in [2.24, 2.45) is 16.7 Å². The summed E-state index contributed by atoms with van der Waals surface area (Å²) in [6, 6.07) is 3.09. The number of sulfone groups is 1. The van der Waals surface area contributed by atoms with E-state index in [1.165, 1.54) is 12.4 Å². The van der Waals surface area contributed by atoms with Crippen LogP contribution >= 0.6 is 0 Å². The lowest BCUT2D eigenvalue weighted by Crippen LogP contribution is -2.70. The molecule has 8 nitrogen and oxygen atoms in total. The Morgan fingerprint density at radius 1 is 1.08 bits per heavy atom. The molecule has 2 aliphatic carbocycles. The first-order valence-corrected chi connectivity index (χ1v) is 14.0. The first kappa shape index (κ1) is 23.7. The van der Waals surface area contributed by atoms with Crippen molar-refractivity contribution in [3.8, 4) is 0 Å². The average Bonchev–Trinajstić information content (AvgIpc) is 3.19. The molecule has 2 saturated carbocycles. The molecule has 1 aromatic heterocycles. The van der Waals surface area contributed by atoms with Gasteiger partial charge in [0, 0.05) is 49.2 Å². The summed E-state index contributed by atoms with van der Waals surface area (Å²) in [5.74, 6) is 1.53. The molecule has 0 unspecified atom stereocenters. The molecule has 0 radical (unpaired) electrons. The number of likely N-dealkylation sites (tertiary alicyclic amines) is 2. The molecule has 0 bridgehead atoms. The van der Waals surface area contributed by atoms with E-state index in [9.17, 15) is 26.4 Å². The molecule has 36 heavy (non-hydrogen) atoms. The number of nitrogens with zero attached hydrogens (tertiary/aromatic N) is 4. The largest absolute Gasteiger partial charge is 0.416 e. The monoisotopic (exact) mass is 523 g/mol. The Hall–Kier alpha value is -2.63. The van der Waals surface area contributed by atoms with Gasteiger partial charge in [-0.2, -0.15) is 18.3 Å². The number of hydrogen-bond donors (Lipinski definition) is 1. The molecule has 1 N–H and O–H groups in total. The third kappa shape index (κ3) is 3.97. The van der Waals surface area contributed by atoms with Crippen LogP contribution in [0, 0.1) is 16.7 Å². The first-order chi connectivity index (χ1) is 16.8. The summed E-state index contributed by atoms with van der Waals surface area (Å²) in [6.45, 7) is 2.95. The lowest BCUT2D eigenvalue weighted by Gasteiger charge is -2.63. The molecule has 2 amide bonds. The van der Waals surface area contributed by atoms with Crippen molar-refractivity contribution >= 4 is 15.9 Å². The van der Waals surface area contributed by atoms with E-state index >= 15 is 0 Å². The van der Waals surface area contributed by atoms with Gasteiger partial charge < -0.3 is 9.80 Å². The third-order valence-corrected chi connectivity index (χ3v) is 9.75. The number of halogens is 3. The standard InChI is InChI=1S/C24H28F3N5O3S/c1-36(34,35)19-5-18(24(25,26)27)3-2-16(19)4-15-6-22(7-15)10-31(11-22)21(33)32-12-23(13-32)8-17(9-23)20-28-14-29-30-20/h2-3,5,14-15,17H,4,6-13H2,1H3,(H,28,29,30). The topological polar surface area (TPSA) is 99.3 Å². The minimum atomic E-state index is -4.59. The number of aromatic amines is 1. The van der Waals surface area contributed by atoms with Gasteiger partial charge in [0.15, 0.2) is 9.84 Å². The fourth-order valence-corrected chi connectivity index (χ4v) is 7.94. The normalized spacial score (nSPS) is 23.2. The number of H-pyrrole nitrogens is 1. The Bertz CT molecular complexity index is 1280. The molecular weight excluding hydrogens is 495 g/mol. The molecule has 2 aliphatic heterocycles. The van der Waals surface area contributed by atoms with Gasteiger partial charge in [-0.3, -0.25) is 5.10 Å². The second kappa shape index (κ2) is 7.69. The summed E-state index contributed by atoms with van der Waals surface area (Å²) in [5.41, 5.74) is -0.231. The highest BCUT2D eigenvalue weighted by molar-refractivity contribution is 7.90. The van der Waals surface area contributed by atoms with Crippen LogP contribution in [0.1, 0.15) is 48.6 Å². The summed E-state index contributed by atoms with van der Waals surface area (Å²) < 4.78 is 63.5. The second-order valence-electron chi connectivity index (χ2n) is 11.5. The third-order valence-electron chi connectivity index (χ3n) is 8.57. The van der Waals surface area contributed by atoms with E-state index in [0.717, 1.165) is 63.0 Å². The highest BCUT2D eigenvalue weighted by Crippen LogP contribution is 2.57. The minimum Gasteiger partial charge on any atom is -0.323 e. The molecule has 2 saturated heterocycles. The summed E-state index contributed by atoms with van der Waals surface area (Å²) in [4.78, 5) is 20.7. The molecule has 4 fully saturated rings. The van der Waals surface area contributed by atoms with Crippen molar-refractivity contribution in [2.45, 2.75) is 49.1 Å². The fourth-order valence-electron chi connectivity index (χ4n) is 6.97. The molecule has 6 rings (SSSR count). The number of carbonyl (C=O) groups excluding carboxylic acids is 1. The fraction of sp³-hybridized carbons (Fsp3) is 0.625. The van der Waals surface area contributed by atoms with Crippen molar-refractivity contribution in [1.82, 2.24) is 25.0 Å². The van der Waals surface area contributed by atoms with E-state index in [4.69, 9.17) is 0 Å². The van der Waals surface area contributed by atoms with E-state index < -0.39 is 21.6 Å². The lowest BCUT2D eigenvalue weighted by molar-refractivity contribution is -0.137. The number of alkyl halides is 3. The summed E-state index contributed by atoms with van der Waals surface area (Å²) >= 11 is 0. The lowest BCUT2D eigenvalue weighted by atomic mass is 9.56. The molecule has 2 spiro atoms. The van der Waals surface area contributed by atoms with Crippen molar-refractivity contribution in [2.75, 3.05) is 32.4 Å². The van der Waals surface area contributed by atoms with E-state index in [2.05, 4.69) is 15.2 Å². The maximum atomic E-state index is 13.1. The van der Waals surface area contributed by atoms with E-state index in [1.54, 1.807) is 0 Å². The number of hydrogen-bond acceptors (Lipinski definition) is 5. The van der Waals surface area contributed by atoms with Crippen molar-refractivity contribution < 1.29 is 26.4 Å². The second-order valence-corrected chi connectivity index (χ2v) is 13.5. The number of rotatable bonds is 4. The number of nitrogens with one attached hydrogen (secondary N) is 1. The van der Waals surface area contributed by atoms with Crippen LogP contribution in [0.4, 0.5) is 18.0 Å². The summed E-state index contributed by atoms with van der Waals surface area (Å²) in [5, 5.41) is 6.84. The maximum absolute atomic E-state index is 13.1. The van der Waals surface area contributed by atoms with Crippen LogP contribution in [0.15, 0.2) is 29.4 Å². The number of aromatic nitrogens is 3. The van der Waals surface area contributed by atoms with Gasteiger partial charge in [-0.15, -0.1) is 0 Å². The van der Waals surface area contributed by atoms with Crippen molar-refractivity contribution in [3.63, 3.8) is 0 Å². The number of carbonyl (C=O) groups is 1. The quantitative estimate of drug-likeness (QED) is 0.662. The zero-order valence-electron chi connectivity index (χ0n) is 19.9. The Kier molecular flexibility index (Phi) is 5.07. The highest BCUT2D eigenvalue weighted by atomic mass is 32.2. The zero-order valence-corrected chi connectivity index (χ0v) is 20.7. The van der Waals surface area contributed by atoms with Crippen LogP contribution in [0.3, 0.4) is 0 Å². The predicted molar refractivity (Wildman–Crippen MR) is 123 cm³/mol. The molecule has 194 valence electrons. The summed E-state index contributed by atoms with van der Waals surface area (Å²) in [6.07, 6.45) is 2.06. The van der Waals surface area contributed by atoms with E-state index in [0.29, 0.717) is 31.0 Å². The molecule has 12 heteroatoms. The van der Waals surface area contributed by atoms with Crippen LogP contribution in [-0.2, 0) is 22.4 Å². The molecule has 1 aromatic carbocycles. The smallest absolute Gasteiger partial charge is 0.323 e. The number of urea groups is 1. The van der Waals surface area contributed by atoms with Gasteiger partial charge in [0.1, 0.15) is 12.2 Å². The van der Waals surface area contributed by atoms with Gasteiger partial charge in [0.25, 0.3) is 0 Å².